The van der Waals surface area contributed by atoms with Gasteiger partial charge in [0.2, 0.25) is 0 Å². The van der Waals surface area contributed by atoms with Crippen LogP contribution in [0.4, 0.5) is 10.1 Å². The fourth-order valence-corrected chi connectivity index (χ4v) is 1.37. The summed E-state index contributed by atoms with van der Waals surface area (Å²) in [4.78, 5) is 11.1. The van der Waals surface area contributed by atoms with Crippen molar-refractivity contribution in [1.82, 2.24) is 0 Å². The van der Waals surface area contributed by atoms with Gasteiger partial charge in [-0.3, -0.25) is 4.79 Å². The molecule has 1 rings (SSSR count). The molecule has 0 aromatic heterocycles. The van der Waals surface area contributed by atoms with E-state index in [0.29, 0.717) is 6.42 Å². The highest BCUT2D eigenvalue weighted by Crippen LogP contribution is 2.23. The molecule has 1 unspecified atom stereocenters. The molecule has 2 N–H and O–H groups in total. The van der Waals surface area contributed by atoms with E-state index in [0.717, 1.165) is 6.07 Å². The van der Waals surface area contributed by atoms with E-state index in [1.807, 2.05) is 6.07 Å². The molecule has 18 heavy (non-hydrogen) atoms. The molecule has 0 fully saturated rings. The molecule has 0 radical (unpaired) electrons. The quantitative estimate of drug-likeness (QED) is 0.842. The van der Waals surface area contributed by atoms with Gasteiger partial charge < -0.3 is 10.4 Å². The highest BCUT2D eigenvalue weighted by molar-refractivity contribution is 5.75. The molecule has 0 aliphatic heterocycles. The highest BCUT2D eigenvalue weighted by Gasteiger charge is 2.30. The number of aliphatic carboxylic acids is 1. The summed E-state index contributed by atoms with van der Waals surface area (Å²) in [6.45, 7) is 3.50. The van der Waals surface area contributed by atoms with Gasteiger partial charge in [0.25, 0.3) is 0 Å². The first-order valence-corrected chi connectivity index (χ1v) is 5.60. The minimum Gasteiger partial charge on any atom is -0.481 e. The van der Waals surface area contributed by atoms with Crippen LogP contribution in [-0.4, -0.2) is 17.6 Å². The van der Waals surface area contributed by atoms with Gasteiger partial charge in [-0.05, 0) is 31.5 Å². The molecule has 5 heteroatoms. The van der Waals surface area contributed by atoms with Crippen LogP contribution >= 0.6 is 0 Å². The SMILES string of the molecule is CCC(C)(CNc1ccc(C#N)cc1F)C(=O)O. The Hall–Kier alpha value is -2.09. The predicted octanol–water partition coefficient (Wildman–Crippen LogP) is 2.61. The Bertz CT molecular complexity index is 496. The van der Waals surface area contributed by atoms with Crippen molar-refractivity contribution in [1.29, 1.82) is 5.26 Å². The fraction of sp³-hybridized carbons (Fsp3) is 0.385. The molecular formula is C13H15FN2O2. The maximum Gasteiger partial charge on any atom is 0.311 e. The molecule has 0 aliphatic carbocycles. The minimum absolute atomic E-state index is 0.127. The zero-order chi connectivity index (χ0) is 13.8. The van der Waals surface area contributed by atoms with Crippen molar-refractivity contribution >= 4 is 11.7 Å². The summed E-state index contributed by atoms with van der Waals surface area (Å²) in [7, 11) is 0. The van der Waals surface area contributed by atoms with Crippen molar-refractivity contribution in [3.05, 3.63) is 29.6 Å². The topological polar surface area (TPSA) is 73.1 Å². The summed E-state index contributed by atoms with van der Waals surface area (Å²) >= 11 is 0. The Labute approximate surface area is 105 Å². The Kier molecular flexibility index (Phi) is 4.27. The van der Waals surface area contributed by atoms with Crippen molar-refractivity contribution < 1.29 is 14.3 Å². The summed E-state index contributed by atoms with van der Waals surface area (Å²) in [5.74, 6) is -1.48. The first-order chi connectivity index (χ1) is 8.42. The molecule has 0 saturated heterocycles. The smallest absolute Gasteiger partial charge is 0.311 e. The van der Waals surface area contributed by atoms with E-state index in [1.54, 1.807) is 13.8 Å². The number of nitrogens with one attached hydrogen (secondary N) is 1. The Morgan fingerprint density at radius 2 is 2.28 bits per heavy atom. The molecule has 0 spiro atoms. The lowest BCUT2D eigenvalue weighted by molar-refractivity contribution is -0.147. The number of nitrogens with zero attached hydrogens (tertiary/aromatic N) is 1. The largest absolute Gasteiger partial charge is 0.481 e. The Morgan fingerprint density at radius 1 is 1.61 bits per heavy atom. The third-order valence-electron chi connectivity index (χ3n) is 3.06. The molecule has 96 valence electrons. The van der Waals surface area contributed by atoms with Crippen molar-refractivity contribution in [2.75, 3.05) is 11.9 Å². The van der Waals surface area contributed by atoms with E-state index < -0.39 is 17.2 Å². The molecule has 1 atom stereocenters. The van der Waals surface area contributed by atoms with Crippen LogP contribution in [0, 0.1) is 22.6 Å². The first-order valence-electron chi connectivity index (χ1n) is 5.60. The molecule has 1 aromatic rings. The maximum absolute atomic E-state index is 13.6. The first kappa shape index (κ1) is 14.0. The minimum atomic E-state index is -0.944. The summed E-state index contributed by atoms with van der Waals surface area (Å²) < 4.78 is 13.6. The average Bonchev–Trinajstić information content (AvgIpc) is 2.36. The van der Waals surface area contributed by atoms with Gasteiger partial charge in [-0.15, -0.1) is 0 Å². The van der Waals surface area contributed by atoms with Crippen molar-refractivity contribution in [2.24, 2.45) is 5.41 Å². The van der Waals surface area contributed by atoms with Crippen molar-refractivity contribution in [2.45, 2.75) is 20.3 Å². The van der Waals surface area contributed by atoms with Gasteiger partial charge in [0, 0.05) is 6.54 Å². The number of halogens is 1. The van der Waals surface area contributed by atoms with Crippen LogP contribution in [0.15, 0.2) is 18.2 Å². The number of rotatable bonds is 5. The van der Waals surface area contributed by atoms with E-state index in [-0.39, 0.29) is 17.8 Å². The second kappa shape index (κ2) is 5.50. The molecule has 4 nitrogen and oxygen atoms in total. The van der Waals surface area contributed by atoms with E-state index in [1.165, 1.54) is 12.1 Å². The Morgan fingerprint density at radius 3 is 2.72 bits per heavy atom. The van der Waals surface area contributed by atoms with Crippen LogP contribution in [0.5, 0.6) is 0 Å². The summed E-state index contributed by atoms with van der Waals surface area (Å²) in [6, 6.07) is 5.87. The lowest BCUT2D eigenvalue weighted by Gasteiger charge is -2.24. The van der Waals surface area contributed by atoms with E-state index in [2.05, 4.69) is 5.32 Å². The second-order valence-corrected chi connectivity index (χ2v) is 4.38. The third-order valence-corrected chi connectivity index (χ3v) is 3.06. The Balaban J connectivity index is 2.81. The van der Waals surface area contributed by atoms with Gasteiger partial charge in [-0.25, -0.2) is 4.39 Å². The lowest BCUT2D eigenvalue weighted by Crippen LogP contribution is -2.34. The van der Waals surface area contributed by atoms with Crippen molar-refractivity contribution in [3.8, 4) is 6.07 Å². The number of hydrogen-bond acceptors (Lipinski definition) is 3. The second-order valence-electron chi connectivity index (χ2n) is 4.38. The van der Waals surface area contributed by atoms with Crippen LogP contribution in [0.2, 0.25) is 0 Å². The lowest BCUT2D eigenvalue weighted by atomic mass is 9.87. The molecule has 0 aliphatic rings. The predicted molar refractivity (Wildman–Crippen MR) is 65.6 cm³/mol. The number of hydrogen-bond donors (Lipinski definition) is 2. The average molecular weight is 250 g/mol. The van der Waals surface area contributed by atoms with Gasteiger partial charge in [-0.2, -0.15) is 5.26 Å². The standard InChI is InChI=1S/C13H15FN2O2/c1-3-13(2,12(17)18)8-16-11-5-4-9(7-15)6-10(11)14/h4-6,16H,3,8H2,1-2H3,(H,17,18). The monoisotopic (exact) mass is 250 g/mol. The van der Waals surface area contributed by atoms with Crippen molar-refractivity contribution in [3.63, 3.8) is 0 Å². The molecule has 0 bridgehead atoms. The summed E-state index contributed by atoms with van der Waals surface area (Å²) in [5.41, 5.74) is -0.509. The fourth-order valence-electron chi connectivity index (χ4n) is 1.37. The molecule has 0 heterocycles. The molecular weight excluding hydrogens is 235 g/mol. The zero-order valence-corrected chi connectivity index (χ0v) is 10.3. The maximum atomic E-state index is 13.6. The van der Waals surface area contributed by atoms with Crippen LogP contribution < -0.4 is 5.32 Å². The molecule has 0 amide bonds. The molecule has 1 aromatic carbocycles. The van der Waals surface area contributed by atoms with E-state index >= 15 is 0 Å². The number of nitriles is 1. The van der Waals surface area contributed by atoms with Crippen LogP contribution in [0.25, 0.3) is 0 Å². The van der Waals surface area contributed by atoms with Crippen LogP contribution in [0.1, 0.15) is 25.8 Å². The summed E-state index contributed by atoms with van der Waals surface area (Å²) in [5, 5.41) is 20.5. The van der Waals surface area contributed by atoms with Gasteiger partial charge in [-0.1, -0.05) is 6.92 Å². The number of carboxylic acid groups (broad SMARTS) is 1. The van der Waals surface area contributed by atoms with Crippen LogP contribution in [0.3, 0.4) is 0 Å². The van der Waals surface area contributed by atoms with Gasteiger partial charge in [0.05, 0.1) is 22.7 Å². The number of anilines is 1. The van der Waals surface area contributed by atoms with Gasteiger partial charge in [0.1, 0.15) is 5.82 Å². The third kappa shape index (κ3) is 2.98. The number of benzene rings is 1. The zero-order valence-electron chi connectivity index (χ0n) is 10.3. The van der Waals surface area contributed by atoms with E-state index in [9.17, 15) is 9.18 Å². The van der Waals surface area contributed by atoms with Gasteiger partial charge >= 0.3 is 5.97 Å². The van der Waals surface area contributed by atoms with E-state index in [4.69, 9.17) is 10.4 Å². The van der Waals surface area contributed by atoms with Crippen LogP contribution in [-0.2, 0) is 4.79 Å². The van der Waals surface area contributed by atoms with Gasteiger partial charge in [0.15, 0.2) is 0 Å². The normalized spacial score (nSPS) is 13.4. The molecule has 0 saturated carbocycles. The summed E-state index contributed by atoms with van der Waals surface area (Å²) in [6.07, 6.45) is 0.438. The number of carbonyl (C=O) groups is 1. The number of carboxylic acids is 1. The highest BCUT2D eigenvalue weighted by atomic mass is 19.1.